The number of pyridine rings is 1. The molecule has 1 aromatic heterocycles. The number of carbonyl (C=O) groups excluding carboxylic acids is 1. The van der Waals surface area contributed by atoms with Crippen LogP contribution in [0.2, 0.25) is 0 Å². The van der Waals surface area contributed by atoms with E-state index in [2.05, 4.69) is 15.6 Å². The number of carboxylic acid groups (broad SMARTS) is 1. The number of rotatable bonds is 4. The van der Waals surface area contributed by atoms with Crippen LogP contribution in [0, 0.1) is 10.1 Å². The largest absolute Gasteiger partial charge is 0.465 e. The third kappa shape index (κ3) is 5.97. The maximum atomic E-state index is 12.1. The number of nitrogens with one attached hydrogen (secondary N) is 2. The molecule has 1 saturated heterocycles. The monoisotopic (exact) mass is 381 g/mol. The van der Waals surface area contributed by atoms with Gasteiger partial charge in [-0.3, -0.25) is 15.1 Å². The van der Waals surface area contributed by atoms with Crippen molar-refractivity contribution in [3.8, 4) is 0 Å². The van der Waals surface area contributed by atoms with E-state index < -0.39 is 34.8 Å². The average Bonchev–Trinajstić information content (AvgIpc) is 2.52. The number of piperidine rings is 1. The number of aromatic nitrogens is 1. The molecule has 1 fully saturated rings. The highest BCUT2D eigenvalue weighted by Gasteiger charge is 2.33. The van der Waals surface area contributed by atoms with Crippen LogP contribution in [0.3, 0.4) is 0 Å². The minimum atomic E-state index is -1.21. The van der Waals surface area contributed by atoms with Crippen molar-refractivity contribution in [2.24, 2.45) is 0 Å². The van der Waals surface area contributed by atoms with E-state index in [-0.39, 0.29) is 18.8 Å². The fourth-order valence-corrected chi connectivity index (χ4v) is 2.94. The Morgan fingerprint density at radius 1 is 1.33 bits per heavy atom. The summed E-state index contributed by atoms with van der Waals surface area (Å²) in [6.45, 7) is 5.68. The summed E-state index contributed by atoms with van der Waals surface area (Å²) < 4.78 is 5.24. The highest BCUT2D eigenvalue weighted by Crippen LogP contribution is 2.29. The average molecular weight is 381 g/mol. The van der Waals surface area contributed by atoms with Crippen LogP contribution in [0.5, 0.6) is 0 Å². The van der Waals surface area contributed by atoms with Crippen LogP contribution in [-0.4, -0.2) is 58.0 Å². The molecular weight excluding hydrogens is 358 g/mol. The molecule has 0 saturated carbocycles. The fraction of sp³-hybridized carbons (Fsp3) is 0.562. The number of alkyl carbamates (subject to hydrolysis) is 1. The molecule has 2 rings (SSSR count). The van der Waals surface area contributed by atoms with Gasteiger partial charge in [-0.05, 0) is 33.3 Å². The van der Waals surface area contributed by atoms with Gasteiger partial charge >= 0.3 is 17.9 Å². The van der Waals surface area contributed by atoms with Crippen LogP contribution < -0.4 is 15.5 Å². The molecule has 0 bridgehead atoms. The van der Waals surface area contributed by atoms with Crippen molar-refractivity contribution in [1.82, 2.24) is 15.6 Å². The van der Waals surface area contributed by atoms with Crippen molar-refractivity contribution < 1.29 is 24.4 Å². The first-order chi connectivity index (χ1) is 12.5. The Balaban J connectivity index is 2.21. The molecule has 0 aromatic carbocycles. The number of hydrogen-bond donors (Lipinski definition) is 3. The summed E-state index contributed by atoms with van der Waals surface area (Å²) in [4.78, 5) is 39.3. The maximum Gasteiger partial charge on any atom is 0.407 e. The molecule has 3 N–H and O–H groups in total. The lowest BCUT2D eigenvalue weighted by atomic mass is 10.00. The van der Waals surface area contributed by atoms with Gasteiger partial charge in [-0.1, -0.05) is 0 Å². The summed E-state index contributed by atoms with van der Waals surface area (Å²) in [5, 5.41) is 25.4. The Hall–Kier alpha value is -3.11. The summed E-state index contributed by atoms with van der Waals surface area (Å²) in [6, 6.07) is 0.508. The van der Waals surface area contributed by atoms with Gasteiger partial charge in [-0.25, -0.2) is 9.59 Å². The zero-order chi connectivity index (χ0) is 20.2. The van der Waals surface area contributed by atoms with Gasteiger partial charge in [0.05, 0.1) is 17.0 Å². The Kier molecular flexibility index (Phi) is 6.03. The molecule has 0 unspecified atom stereocenters. The lowest BCUT2D eigenvalue weighted by Crippen LogP contribution is -2.57. The van der Waals surface area contributed by atoms with Crippen molar-refractivity contribution in [2.45, 2.75) is 44.9 Å². The Labute approximate surface area is 155 Å². The predicted octanol–water partition coefficient (Wildman–Crippen LogP) is 1.73. The lowest BCUT2D eigenvalue weighted by molar-refractivity contribution is -0.384. The first-order valence-corrected chi connectivity index (χ1v) is 8.37. The molecule has 0 aliphatic carbocycles. The third-order valence-corrected chi connectivity index (χ3v) is 3.81. The van der Waals surface area contributed by atoms with Gasteiger partial charge in [0, 0.05) is 19.3 Å². The smallest absolute Gasteiger partial charge is 0.407 e. The highest BCUT2D eigenvalue weighted by molar-refractivity contribution is 5.69. The second-order valence-electron chi connectivity index (χ2n) is 7.25. The predicted molar refractivity (Wildman–Crippen MR) is 95.8 cm³/mol. The summed E-state index contributed by atoms with van der Waals surface area (Å²) in [6.07, 6.45) is 1.06. The molecule has 148 valence electrons. The zero-order valence-corrected chi connectivity index (χ0v) is 15.3. The standard InChI is InChI=1S/C16H23N5O6/c1-16(2,3)27-15(24)19-11-6-10(18-14(22)23)8-20(9-11)12-4-5-17-7-13(12)21(25)26/h4-5,7,10-11,18H,6,8-9H2,1-3H3,(H,19,24)(H,22,23)/t10-,11+/m0/s1. The molecular formula is C16H23N5O6. The normalized spacial score (nSPS) is 19.9. The van der Waals surface area contributed by atoms with E-state index in [4.69, 9.17) is 9.84 Å². The number of nitro groups is 1. The van der Waals surface area contributed by atoms with Crippen molar-refractivity contribution in [3.05, 3.63) is 28.6 Å². The van der Waals surface area contributed by atoms with Gasteiger partial charge in [0.25, 0.3) is 0 Å². The minimum absolute atomic E-state index is 0.190. The summed E-state index contributed by atoms with van der Waals surface area (Å²) in [5.74, 6) is 0. The van der Waals surface area contributed by atoms with E-state index in [1.807, 2.05) is 0 Å². The molecule has 1 aliphatic heterocycles. The molecule has 0 radical (unpaired) electrons. The lowest BCUT2D eigenvalue weighted by Gasteiger charge is -2.39. The molecule has 2 amide bonds. The molecule has 1 aromatic rings. The van der Waals surface area contributed by atoms with Crippen molar-refractivity contribution in [3.63, 3.8) is 0 Å². The number of nitrogens with zero attached hydrogens (tertiary/aromatic N) is 3. The van der Waals surface area contributed by atoms with E-state index in [0.717, 1.165) is 6.20 Å². The van der Waals surface area contributed by atoms with Crippen LogP contribution in [0.1, 0.15) is 27.2 Å². The number of ether oxygens (including phenoxy) is 1. The maximum absolute atomic E-state index is 12.1. The van der Waals surface area contributed by atoms with Crippen LogP contribution in [0.25, 0.3) is 0 Å². The second-order valence-corrected chi connectivity index (χ2v) is 7.25. The van der Waals surface area contributed by atoms with E-state index >= 15 is 0 Å². The highest BCUT2D eigenvalue weighted by atomic mass is 16.6. The zero-order valence-electron chi connectivity index (χ0n) is 15.3. The number of carbonyl (C=O) groups is 2. The molecule has 11 heteroatoms. The van der Waals surface area contributed by atoms with Crippen molar-refractivity contribution >= 4 is 23.6 Å². The van der Waals surface area contributed by atoms with Gasteiger partial charge < -0.3 is 25.4 Å². The Morgan fingerprint density at radius 3 is 2.52 bits per heavy atom. The van der Waals surface area contributed by atoms with E-state index in [9.17, 15) is 19.7 Å². The number of anilines is 1. The van der Waals surface area contributed by atoms with Crippen LogP contribution in [-0.2, 0) is 4.74 Å². The van der Waals surface area contributed by atoms with Crippen molar-refractivity contribution in [2.75, 3.05) is 18.0 Å². The summed E-state index contributed by atoms with van der Waals surface area (Å²) in [7, 11) is 0. The van der Waals surface area contributed by atoms with Gasteiger partial charge in [0.15, 0.2) is 0 Å². The minimum Gasteiger partial charge on any atom is -0.465 e. The Bertz CT molecular complexity index is 719. The van der Waals surface area contributed by atoms with Gasteiger partial charge in [-0.15, -0.1) is 0 Å². The molecule has 0 spiro atoms. The molecule has 27 heavy (non-hydrogen) atoms. The van der Waals surface area contributed by atoms with Crippen LogP contribution in [0.4, 0.5) is 21.0 Å². The summed E-state index contributed by atoms with van der Waals surface area (Å²) in [5.41, 5.74) is -0.562. The molecule has 2 atom stereocenters. The number of amides is 2. The fourth-order valence-electron chi connectivity index (χ4n) is 2.94. The first-order valence-electron chi connectivity index (χ1n) is 8.37. The molecule has 1 aliphatic rings. The van der Waals surface area contributed by atoms with Gasteiger partial charge in [-0.2, -0.15) is 0 Å². The van der Waals surface area contributed by atoms with Crippen molar-refractivity contribution in [1.29, 1.82) is 0 Å². The quantitative estimate of drug-likeness (QED) is 0.528. The van der Waals surface area contributed by atoms with E-state index in [0.29, 0.717) is 12.1 Å². The number of hydrogen-bond acceptors (Lipinski definition) is 7. The van der Waals surface area contributed by atoms with Crippen LogP contribution >= 0.6 is 0 Å². The molecule has 2 heterocycles. The van der Waals surface area contributed by atoms with Gasteiger partial charge in [0.2, 0.25) is 0 Å². The summed E-state index contributed by atoms with van der Waals surface area (Å²) >= 11 is 0. The van der Waals surface area contributed by atoms with E-state index in [1.165, 1.54) is 12.3 Å². The third-order valence-electron chi connectivity index (χ3n) is 3.81. The second kappa shape index (κ2) is 8.06. The first kappa shape index (κ1) is 20.2. The molecule has 11 nitrogen and oxygen atoms in total. The van der Waals surface area contributed by atoms with E-state index in [1.54, 1.807) is 25.7 Å². The Morgan fingerprint density at radius 2 is 1.96 bits per heavy atom. The van der Waals surface area contributed by atoms with Crippen LogP contribution in [0.15, 0.2) is 18.5 Å². The topological polar surface area (TPSA) is 147 Å². The SMILES string of the molecule is CC(C)(C)OC(=O)N[C@@H]1C[C@H](NC(=O)O)CN(c2ccncc2[N+](=O)[O-])C1. The van der Waals surface area contributed by atoms with Gasteiger partial charge in [0.1, 0.15) is 17.5 Å².